The summed E-state index contributed by atoms with van der Waals surface area (Å²) in [6.07, 6.45) is 0.913. The first kappa shape index (κ1) is 33.7. The number of ether oxygens (including phenoxy) is 5. The maximum atomic E-state index is 13.6. The summed E-state index contributed by atoms with van der Waals surface area (Å²) in [5, 5.41) is 26.4. The fraction of sp³-hybridized carbons (Fsp3) is 0.714. The van der Waals surface area contributed by atoms with Crippen molar-refractivity contribution in [2.45, 2.75) is 110 Å². The number of furan rings is 1. The molecule has 2 bridgehead atoms. The van der Waals surface area contributed by atoms with E-state index in [2.05, 4.69) is 0 Å². The summed E-state index contributed by atoms with van der Waals surface area (Å²) < 4.78 is 35.6. The van der Waals surface area contributed by atoms with Gasteiger partial charge in [0, 0.05) is 40.2 Å². The molecule has 12 heteroatoms. The molecule has 10 atom stereocenters. The zero-order valence-electron chi connectivity index (χ0n) is 28.4. The minimum Gasteiger partial charge on any atom is -0.472 e. The van der Waals surface area contributed by atoms with Gasteiger partial charge in [-0.25, -0.2) is 4.79 Å². The topological polar surface area (TPSA) is 168 Å². The highest BCUT2D eigenvalue weighted by atomic mass is 16.7. The van der Waals surface area contributed by atoms with E-state index in [-0.39, 0.29) is 6.42 Å². The molecule has 6 rings (SSSR count). The van der Waals surface area contributed by atoms with E-state index in [0.29, 0.717) is 24.0 Å². The summed E-state index contributed by atoms with van der Waals surface area (Å²) in [7, 11) is 1.27. The summed E-state index contributed by atoms with van der Waals surface area (Å²) in [5.74, 6) is -7.85. The lowest BCUT2D eigenvalue weighted by molar-refractivity contribution is -0.386. The highest BCUT2D eigenvalue weighted by molar-refractivity contribution is 5.86. The molecule has 258 valence electrons. The number of esters is 4. The van der Waals surface area contributed by atoms with Crippen molar-refractivity contribution >= 4 is 23.9 Å². The molecule has 1 aromatic rings. The maximum Gasteiger partial charge on any atom is 0.331 e. The minimum atomic E-state index is -2.55. The van der Waals surface area contributed by atoms with E-state index >= 15 is 0 Å². The third-order valence-electron chi connectivity index (χ3n) is 12.2. The van der Waals surface area contributed by atoms with Crippen LogP contribution in [0.25, 0.3) is 0 Å². The van der Waals surface area contributed by atoms with Gasteiger partial charge in [-0.1, -0.05) is 55.4 Å². The van der Waals surface area contributed by atoms with Gasteiger partial charge in [-0.15, -0.1) is 0 Å². The average Bonchev–Trinajstić information content (AvgIpc) is 3.65. The molecule has 12 nitrogen and oxygen atoms in total. The van der Waals surface area contributed by atoms with Crippen LogP contribution in [0.2, 0.25) is 0 Å². The molecule has 2 saturated heterocycles. The van der Waals surface area contributed by atoms with Gasteiger partial charge in [-0.05, 0) is 30.4 Å². The van der Waals surface area contributed by atoms with Crippen molar-refractivity contribution < 1.29 is 57.5 Å². The number of carbonyl (C=O) groups excluding carboxylic acids is 4. The lowest BCUT2D eigenvalue weighted by atomic mass is 9.36. The second-order valence-electron chi connectivity index (χ2n) is 15.7. The molecule has 2 unspecified atom stereocenters. The maximum absolute atomic E-state index is 13.6. The molecule has 0 amide bonds. The van der Waals surface area contributed by atoms with Gasteiger partial charge in [0.05, 0.1) is 31.5 Å². The van der Waals surface area contributed by atoms with Gasteiger partial charge in [0.2, 0.25) is 5.79 Å². The fourth-order valence-electron chi connectivity index (χ4n) is 10.1. The molecule has 2 aliphatic carbocycles. The second kappa shape index (κ2) is 10.4. The molecule has 5 aliphatic rings. The summed E-state index contributed by atoms with van der Waals surface area (Å²) in [6, 6.07) is 1.70. The Labute approximate surface area is 274 Å². The first-order chi connectivity index (χ1) is 21.8. The summed E-state index contributed by atoms with van der Waals surface area (Å²) in [5.41, 5.74) is -6.92. The van der Waals surface area contributed by atoms with E-state index in [1.807, 2.05) is 6.92 Å². The van der Waals surface area contributed by atoms with Crippen molar-refractivity contribution in [3.63, 3.8) is 0 Å². The molecule has 4 heterocycles. The number of hydrogen-bond acceptors (Lipinski definition) is 12. The van der Waals surface area contributed by atoms with Crippen LogP contribution in [0.4, 0.5) is 0 Å². The molecule has 0 aromatic carbocycles. The Bertz CT molecular complexity index is 1530. The molecule has 4 fully saturated rings. The predicted octanol–water partition coefficient (Wildman–Crippen LogP) is 3.78. The molecular weight excluding hydrogens is 612 g/mol. The zero-order chi connectivity index (χ0) is 34.7. The Hall–Kier alpha value is -3.22. The van der Waals surface area contributed by atoms with E-state index in [9.17, 15) is 29.4 Å². The third kappa shape index (κ3) is 3.98. The molecule has 2 N–H and O–H groups in total. The first-order valence-corrected chi connectivity index (χ1v) is 16.4. The normalized spacial score (nSPS) is 42.7. The van der Waals surface area contributed by atoms with Crippen LogP contribution in [0.3, 0.4) is 0 Å². The van der Waals surface area contributed by atoms with Gasteiger partial charge in [0.25, 0.3) is 0 Å². The van der Waals surface area contributed by atoms with Crippen molar-refractivity contribution in [2.24, 2.45) is 39.9 Å². The number of aliphatic hydroxyl groups is 2. The van der Waals surface area contributed by atoms with Crippen molar-refractivity contribution in [1.29, 1.82) is 0 Å². The van der Waals surface area contributed by atoms with E-state index in [4.69, 9.17) is 28.1 Å². The van der Waals surface area contributed by atoms with Gasteiger partial charge in [-0.3, -0.25) is 14.4 Å². The van der Waals surface area contributed by atoms with Crippen LogP contribution in [0.1, 0.15) is 86.3 Å². The van der Waals surface area contributed by atoms with Gasteiger partial charge in [0.1, 0.15) is 17.8 Å². The van der Waals surface area contributed by atoms with Crippen LogP contribution in [0.5, 0.6) is 0 Å². The first-order valence-electron chi connectivity index (χ1n) is 16.4. The number of rotatable bonds is 7. The van der Waals surface area contributed by atoms with Crippen LogP contribution in [-0.4, -0.2) is 70.4 Å². The predicted molar refractivity (Wildman–Crippen MR) is 162 cm³/mol. The summed E-state index contributed by atoms with van der Waals surface area (Å²) in [6.45, 7) is 13.7. The van der Waals surface area contributed by atoms with Crippen LogP contribution < -0.4 is 0 Å². The standard InChI is InChI=1S/C35H46O12/c1-17(2)26(38)45-28-30(5,6)21(14-23(36)42-9)32(8)20-10-12-31(7)22(15-24(37)44-25(31)19-11-13-43-16-19)33(20)29(46-27(39)18(3)4)34(28,40)35(32,41)47-33/h11,13,15-18,20-21,25,28-29,40-41H,10,12,14H2,1-9H3/t20?,21-,25-,28-,29-,31+,32?,33+,34-,35-/m0/s1. The van der Waals surface area contributed by atoms with E-state index in [0.717, 1.165) is 0 Å². The Morgan fingerprint density at radius 2 is 1.62 bits per heavy atom. The number of carbonyl (C=O) groups is 4. The number of cyclic esters (lactones) is 1. The van der Waals surface area contributed by atoms with E-state index < -0.39 is 99.1 Å². The van der Waals surface area contributed by atoms with Crippen LogP contribution in [-0.2, 0) is 42.9 Å². The van der Waals surface area contributed by atoms with Crippen molar-refractivity contribution in [1.82, 2.24) is 0 Å². The van der Waals surface area contributed by atoms with Gasteiger partial charge in [-0.2, -0.15) is 0 Å². The Balaban J connectivity index is 1.66. The van der Waals surface area contributed by atoms with E-state index in [1.165, 1.54) is 25.7 Å². The van der Waals surface area contributed by atoms with E-state index in [1.54, 1.807) is 54.5 Å². The molecular formula is C35H46O12. The fourth-order valence-corrected chi connectivity index (χ4v) is 10.1. The summed E-state index contributed by atoms with van der Waals surface area (Å²) >= 11 is 0. The highest BCUT2D eigenvalue weighted by Gasteiger charge is 2.96. The quantitative estimate of drug-likeness (QED) is 0.322. The summed E-state index contributed by atoms with van der Waals surface area (Å²) in [4.78, 5) is 53.5. The lowest BCUT2D eigenvalue weighted by Crippen LogP contribution is -2.84. The molecule has 0 radical (unpaired) electrons. The average molecular weight is 659 g/mol. The molecule has 1 spiro atoms. The lowest BCUT2D eigenvalue weighted by Gasteiger charge is -2.69. The Kier molecular flexibility index (Phi) is 7.44. The zero-order valence-corrected chi connectivity index (χ0v) is 28.4. The van der Waals surface area contributed by atoms with Crippen LogP contribution in [0.15, 0.2) is 34.7 Å². The number of hydrogen-bond donors (Lipinski definition) is 2. The number of methoxy groups -OCH3 is 1. The monoisotopic (exact) mass is 658 g/mol. The minimum absolute atomic E-state index is 0.198. The number of fused-ring (bicyclic) bond motifs is 2. The van der Waals surface area contributed by atoms with Crippen molar-refractivity contribution in [3.8, 4) is 0 Å². The van der Waals surface area contributed by atoms with Crippen molar-refractivity contribution in [3.05, 3.63) is 35.8 Å². The van der Waals surface area contributed by atoms with Crippen molar-refractivity contribution in [2.75, 3.05) is 7.11 Å². The SMILES string of the molecule is COC(=O)C[C@H]1C(C)(C)[C@H](OC(=O)C(C)C)[C@]2(O)[C@@H](OC(=O)C(C)C)[C@@]34O[C@@]2(O)C1(C)C3CC[C@]1(C)C4=CC(=O)O[C@H]1c1ccoc1. The van der Waals surface area contributed by atoms with Gasteiger partial charge in [0.15, 0.2) is 11.7 Å². The third-order valence-corrected chi connectivity index (χ3v) is 12.2. The smallest absolute Gasteiger partial charge is 0.331 e. The molecule has 3 aliphatic heterocycles. The Morgan fingerprint density at radius 3 is 2.17 bits per heavy atom. The Morgan fingerprint density at radius 1 is 1.00 bits per heavy atom. The molecule has 47 heavy (non-hydrogen) atoms. The van der Waals surface area contributed by atoms with Crippen LogP contribution >= 0.6 is 0 Å². The van der Waals surface area contributed by atoms with Crippen LogP contribution in [0, 0.1) is 39.9 Å². The van der Waals surface area contributed by atoms with Gasteiger partial charge < -0.3 is 38.3 Å². The van der Waals surface area contributed by atoms with Gasteiger partial charge >= 0.3 is 23.9 Å². The molecule has 2 saturated carbocycles. The second-order valence-corrected chi connectivity index (χ2v) is 15.7. The molecule has 1 aromatic heterocycles. The highest BCUT2D eigenvalue weighted by Crippen LogP contribution is 2.82. The largest absolute Gasteiger partial charge is 0.472 e.